The summed E-state index contributed by atoms with van der Waals surface area (Å²) < 4.78 is 7.90. The lowest BCUT2D eigenvalue weighted by Gasteiger charge is -2.21. The standard InChI is InChI=1S/C13H13NO/c1-9-8-14-12-6-4-3-5-11(12)7-13(14)10(2)15-9/h3-8,10H,1-2H3. The third-order valence-corrected chi connectivity index (χ3v) is 2.87. The van der Waals surface area contributed by atoms with E-state index < -0.39 is 0 Å². The molecule has 76 valence electrons. The van der Waals surface area contributed by atoms with Gasteiger partial charge in [-0.05, 0) is 26.0 Å². The highest BCUT2D eigenvalue weighted by Crippen LogP contribution is 2.31. The molecule has 1 aliphatic rings. The summed E-state index contributed by atoms with van der Waals surface area (Å²) in [7, 11) is 0. The van der Waals surface area contributed by atoms with Crippen LogP contribution in [0.15, 0.2) is 36.1 Å². The molecule has 1 aromatic carbocycles. The number of allylic oxidation sites excluding steroid dienone is 1. The van der Waals surface area contributed by atoms with Gasteiger partial charge in [0.25, 0.3) is 0 Å². The van der Waals surface area contributed by atoms with Gasteiger partial charge in [-0.3, -0.25) is 0 Å². The molecule has 2 heterocycles. The first-order chi connectivity index (χ1) is 7.25. The fourth-order valence-electron chi connectivity index (χ4n) is 2.21. The molecule has 0 aliphatic carbocycles. The van der Waals surface area contributed by atoms with Crippen molar-refractivity contribution < 1.29 is 4.74 Å². The Morgan fingerprint density at radius 3 is 2.93 bits per heavy atom. The van der Waals surface area contributed by atoms with E-state index in [4.69, 9.17) is 4.74 Å². The number of nitrogens with zero attached hydrogens (tertiary/aromatic N) is 1. The Hall–Kier alpha value is -1.70. The van der Waals surface area contributed by atoms with Gasteiger partial charge < -0.3 is 9.30 Å². The molecule has 2 nitrogen and oxygen atoms in total. The van der Waals surface area contributed by atoms with E-state index in [9.17, 15) is 0 Å². The van der Waals surface area contributed by atoms with Gasteiger partial charge in [0.05, 0.1) is 11.2 Å². The second-order valence-electron chi connectivity index (χ2n) is 4.00. The van der Waals surface area contributed by atoms with E-state index in [0.717, 1.165) is 5.76 Å². The summed E-state index contributed by atoms with van der Waals surface area (Å²) in [6.07, 6.45) is 2.19. The molecule has 0 N–H and O–H groups in total. The van der Waals surface area contributed by atoms with Gasteiger partial charge in [-0.25, -0.2) is 0 Å². The number of fused-ring (bicyclic) bond motifs is 3. The quantitative estimate of drug-likeness (QED) is 0.633. The van der Waals surface area contributed by atoms with Crippen molar-refractivity contribution in [3.05, 3.63) is 41.8 Å². The number of para-hydroxylation sites is 1. The SMILES string of the molecule is CC1=Cn2c(cc3ccccc32)C(C)O1. The molecular weight excluding hydrogens is 186 g/mol. The van der Waals surface area contributed by atoms with Crippen molar-refractivity contribution in [1.82, 2.24) is 4.57 Å². The van der Waals surface area contributed by atoms with E-state index in [2.05, 4.69) is 48.0 Å². The smallest absolute Gasteiger partial charge is 0.136 e. The zero-order valence-electron chi connectivity index (χ0n) is 8.90. The molecule has 3 rings (SSSR count). The number of aromatic nitrogens is 1. The average molecular weight is 199 g/mol. The van der Waals surface area contributed by atoms with Crippen molar-refractivity contribution in [2.75, 3.05) is 0 Å². The topological polar surface area (TPSA) is 14.2 Å². The molecule has 15 heavy (non-hydrogen) atoms. The van der Waals surface area contributed by atoms with E-state index in [0.29, 0.717) is 0 Å². The molecule has 1 aliphatic heterocycles. The number of benzene rings is 1. The summed E-state index contributed by atoms with van der Waals surface area (Å²) in [6, 6.07) is 10.6. The third-order valence-electron chi connectivity index (χ3n) is 2.87. The Morgan fingerprint density at radius 2 is 2.07 bits per heavy atom. The van der Waals surface area contributed by atoms with E-state index >= 15 is 0 Å². The molecular formula is C13H13NO. The molecule has 0 bridgehead atoms. The van der Waals surface area contributed by atoms with Gasteiger partial charge in [0.15, 0.2) is 0 Å². The average Bonchev–Trinajstić information content (AvgIpc) is 2.57. The van der Waals surface area contributed by atoms with Crippen molar-refractivity contribution in [1.29, 1.82) is 0 Å². The van der Waals surface area contributed by atoms with Gasteiger partial charge in [-0.2, -0.15) is 0 Å². The zero-order chi connectivity index (χ0) is 10.4. The molecule has 1 aromatic heterocycles. The Kier molecular flexibility index (Phi) is 1.66. The maximum atomic E-state index is 5.68. The summed E-state index contributed by atoms with van der Waals surface area (Å²) >= 11 is 0. The highest BCUT2D eigenvalue weighted by Gasteiger charge is 2.18. The lowest BCUT2D eigenvalue weighted by atomic mass is 10.2. The first-order valence-corrected chi connectivity index (χ1v) is 5.20. The minimum absolute atomic E-state index is 0.141. The van der Waals surface area contributed by atoms with Crippen LogP contribution in [0.4, 0.5) is 0 Å². The van der Waals surface area contributed by atoms with E-state index in [1.165, 1.54) is 16.6 Å². The predicted molar refractivity (Wildman–Crippen MR) is 61.4 cm³/mol. The molecule has 2 aromatic rings. The molecule has 0 fully saturated rings. The predicted octanol–water partition coefficient (Wildman–Crippen LogP) is 3.55. The van der Waals surface area contributed by atoms with E-state index in [1.807, 2.05) is 6.92 Å². The lowest BCUT2D eigenvalue weighted by Crippen LogP contribution is -2.09. The fourth-order valence-corrected chi connectivity index (χ4v) is 2.21. The van der Waals surface area contributed by atoms with Crippen LogP contribution in [0.5, 0.6) is 0 Å². The molecule has 0 radical (unpaired) electrons. The summed E-state index contributed by atoms with van der Waals surface area (Å²) in [5.41, 5.74) is 2.48. The summed E-state index contributed by atoms with van der Waals surface area (Å²) in [5, 5.41) is 1.27. The number of hydrogen-bond acceptors (Lipinski definition) is 1. The van der Waals surface area contributed by atoms with Crippen molar-refractivity contribution in [2.24, 2.45) is 0 Å². The van der Waals surface area contributed by atoms with Crippen molar-refractivity contribution in [3.8, 4) is 0 Å². The van der Waals surface area contributed by atoms with Crippen LogP contribution < -0.4 is 0 Å². The minimum Gasteiger partial charge on any atom is -0.488 e. The second-order valence-corrected chi connectivity index (χ2v) is 4.00. The summed E-state index contributed by atoms with van der Waals surface area (Å²) in [5.74, 6) is 0.969. The van der Waals surface area contributed by atoms with Crippen LogP contribution >= 0.6 is 0 Å². The van der Waals surface area contributed by atoms with Crippen LogP contribution in [0.2, 0.25) is 0 Å². The van der Waals surface area contributed by atoms with Crippen LogP contribution in [-0.4, -0.2) is 4.57 Å². The fraction of sp³-hybridized carbons (Fsp3) is 0.231. The van der Waals surface area contributed by atoms with Crippen LogP contribution in [-0.2, 0) is 4.74 Å². The molecule has 0 saturated carbocycles. The molecule has 0 spiro atoms. The first kappa shape index (κ1) is 8.60. The van der Waals surface area contributed by atoms with Crippen LogP contribution in [0.25, 0.3) is 17.1 Å². The van der Waals surface area contributed by atoms with Gasteiger partial charge in [-0.1, -0.05) is 18.2 Å². The van der Waals surface area contributed by atoms with Crippen molar-refractivity contribution >= 4 is 17.1 Å². The maximum Gasteiger partial charge on any atom is 0.136 e. The van der Waals surface area contributed by atoms with Gasteiger partial charge in [0, 0.05) is 11.6 Å². The van der Waals surface area contributed by atoms with Gasteiger partial charge in [-0.15, -0.1) is 0 Å². The zero-order valence-corrected chi connectivity index (χ0v) is 8.90. The van der Waals surface area contributed by atoms with Crippen molar-refractivity contribution in [3.63, 3.8) is 0 Å². The largest absolute Gasteiger partial charge is 0.488 e. The summed E-state index contributed by atoms with van der Waals surface area (Å²) in [4.78, 5) is 0. The monoisotopic (exact) mass is 199 g/mol. The van der Waals surface area contributed by atoms with Gasteiger partial charge in [0.1, 0.15) is 11.9 Å². The molecule has 1 atom stereocenters. The van der Waals surface area contributed by atoms with Gasteiger partial charge >= 0.3 is 0 Å². The molecule has 1 unspecified atom stereocenters. The highest BCUT2D eigenvalue weighted by molar-refractivity contribution is 5.83. The summed E-state index contributed by atoms with van der Waals surface area (Å²) in [6.45, 7) is 4.08. The van der Waals surface area contributed by atoms with Crippen LogP contribution in [0.3, 0.4) is 0 Å². The third kappa shape index (κ3) is 1.18. The Morgan fingerprint density at radius 1 is 1.27 bits per heavy atom. The number of ether oxygens (including phenoxy) is 1. The Balaban J connectivity index is 2.37. The number of rotatable bonds is 0. The van der Waals surface area contributed by atoms with Gasteiger partial charge in [0.2, 0.25) is 0 Å². The van der Waals surface area contributed by atoms with Crippen LogP contribution in [0, 0.1) is 0 Å². The van der Waals surface area contributed by atoms with Crippen LogP contribution in [0.1, 0.15) is 25.6 Å². The van der Waals surface area contributed by atoms with E-state index in [-0.39, 0.29) is 6.10 Å². The Labute approximate surface area is 88.8 Å². The Bertz CT molecular complexity index is 551. The van der Waals surface area contributed by atoms with E-state index in [1.54, 1.807) is 0 Å². The normalized spacial score (nSPS) is 19.6. The molecule has 0 saturated heterocycles. The second kappa shape index (κ2) is 2.89. The molecule has 0 amide bonds. The lowest BCUT2D eigenvalue weighted by molar-refractivity contribution is 0.124. The maximum absolute atomic E-state index is 5.68. The minimum atomic E-state index is 0.141. The van der Waals surface area contributed by atoms with Crippen molar-refractivity contribution in [2.45, 2.75) is 20.0 Å². The highest BCUT2D eigenvalue weighted by atomic mass is 16.5. The molecule has 2 heteroatoms. The number of hydrogen-bond donors (Lipinski definition) is 0. The first-order valence-electron chi connectivity index (χ1n) is 5.20.